The fourth-order valence-corrected chi connectivity index (χ4v) is 2.15. The van der Waals surface area contributed by atoms with Gasteiger partial charge in [0.25, 0.3) is 0 Å². The molecule has 0 radical (unpaired) electrons. The van der Waals surface area contributed by atoms with Crippen molar-refractivity contribution in [2.45, 2.75) is 13.3 Å². The van der Waals surface area contributed by atoms with E-state index in [1.807, 2.05) is 6.92 Å². The van der Waals surface area contributed by atoms with Crippen molar-refractivity contribution in [1.82, 2.24) is 5.32 Å². The maximum atomic E-state index is 12.0. The van der Waals surface area contributed by atoms with Gasteiger partial charge in [0.05, 0.1) is 18.2 Å². The van der Waals surface area contributed by atoms with Gasteiger partial charge in [-0.3, -0.25) is 4.79 Å². The fraction of sp³-hybridized carbons (Fsp3) is 0.462. The van der Waals surface area contributed by atoms with E-state index in [0.717, 1.165) is 19.5 Å². The van der Waals surface area contributed by atoms with E-state index < -0.39 is 0 Å². The highest BCUT2D eigenvalue weighted by Crippen LogP contribution is 2.28. The Morgan fingerprint density at radius 1 is 1.58 bits per heavy atom. The van der Waals surface area contributed by atoms with Gasteiger partial charge in [-0.25, -0.2) is 0 Å². The maximum Gasteiger partial charge on any atom is 0.228 e. The van der Waals surface area contributed by atoms with Crippen molar-refractivity contribution < 1.29 is 9.53 Å². The number of hydrogen-bond donors (Lipinski definition) is 2. The van der Waals surface area contributed by atoms with Crippen LogP contribution in [0.1, 0.15) is 13.3 Å². The third kappa shape index (κ3) is 4.27. The highest BCUT2D eigenvalue weighted by molar-refractivity contribution is 6.30. The number of carbonyl (C=O) groups is 1. The molecule has 0 bridgehead atoms. The van der Waals surface area contributed by atoms with E-state index in [1.54, 1.807) is 18.2 Å². The van der Waals surface area contributed by atoms with Gasteiger partial charge in [-0.05, 0) is 32.0 Å². The lowest BCUT2D eigenvalue weighted by molar-refractivity contribution is -0.119. The summed E-state index contributed by atoms with van der Waals surface area (Å²) in [7, 11) is 0. The van der Waals surface area contributed by atoms with E-state index in [-0.39, 0.29) is 24.2 Å². The number of nitrogens with one attached hydrogen (secondary N) is 2. The van der Waals surface area contributed by atoms with E-state index in [0.29, 0.717) is 23.1 Å². The summed E-state index contributed by atoms with van der Waals surface area (Å²) in [6.45, 7) is 4.07. The number of hydrogen-bond acceptors (Lipinski definition) is 3. The van der Waals surface area contributed by atoms with Crippen LogP contribution in [0, 0.1) is 5.92 Å². The van der Waals surface area contributed by atoms with Crippen LogP contribution in [0.3, 0.4) is 0 Å². The van der Waals surface area contributed by atoms with Gasteiger partial charge in [-0.2, -0.15) is 0 Å². The van der Waals surface area contributed by atoms with Gasteiger partial charge < -0.3 is 15.4 Å². The first-order valence-electron chi connectivity index (χ1n) is 6.14. The molecule has 19 heavy (non-hydrogen) atoms. The Hall–Kier alpha value is -0.970. The molecule has 1 unspecified atom stereocenters. The van der Waals surface area contributed by atoms with Crippen molar-refractivity contribution in [1.29, 1.82) is 0 Å². The molecule has 0 saturated carbocycles. The molecule has 106 valence electrons. The summed E-state index contributed by atoms with van der Waals surface area (Å²) in [6.07, 6.45) is 0.878. The zero-order valence-corrected chi connectivity index (χ0v) is 12.3. The predicted molar refractivity (Wildman–Crippen MR) is 79.5 cm³/mol. The number of halogens is 2. The SMILES string of the molecule is CCOc1cc(Cl)ccc1NC(=O)C1CCNC1.Cl. The molecule has 0 aromatic heterocycles. The molecule has 1 aliphatic heterocycles. The second-order valence-electron chi connectivity index (χ2n) is 4.25. The van der Waals surface area contributed by atoms with Crippen LogP contribution in [-0.4, -0.2) is 25.6 Å². The van der Waals surface area contributed by atoms with Gasteiger partial charge >= 0.3 is 0 Å². The summed E-state index contributed by atoms with van der Waals surface area (Å²) in [5.41, 5.74) is 0.679. The van der Waals surface area contributed by atoms with Crippen LogP contribution in [0.15, 0.2) is 18.2 Å². The molecule has 1 fully saturated rings. The Kier molecular flexibility index (Phi) is 6.42. The smallest absolute Gasteiger partial charge is 0.228 e. The Morgan fingerprint density at radius 3 is 3.00 bits per heavy atom. The number of rotatable bonds is 4. The van der Waals surface area contributed by atoms with E-state index in [9.17, 15) is 4.79 Å². The van der Waals surface area contributed by atoms with Gasteiger partial charge in [0.2, 0.25) is 5.91 Å². The largest absolute Gasteiger partial charge is 0.492 e. The molecule has 0 aliphatic carbocycles. The third-order valence-corrected chi connectivity index (χ3v) is 3.17. The fourth-order valence-electron chi connectivity index (χ4n) is 1.99. The summed E-state index contributed by atoms with van der Waals surface area (Å²) < 4.78 is 5.47. The highest BCUT2D eigenvalue weighted by atomic mass is 35.5. The van der Waals surface area contributed by atoms with E-state index in [2.05, 4.69) is 10.6 Å². The van der Waals surface area contributed by atoms with Crippen LogP contribution < -0.4 is 15.4 Å². The van der Waals surface area contributed by atoms with Gasteiger partial charge in [0.1, 0.15) is 5.75 Å². The van der Waals surface area contributed by atoms with Gasteiger partial charge in [-0.15, -0.1) is 12.4 Å². The van der Waals surface area contributed by atoms with Gasteiger partial charge in [0, 0.05) is 17.6 Å². The second kappa shape index (κ2) is 7.58. The predicted octanol–water partition coefficient (Wildman–Crippen LogP) is 2.71. The lowest BCUT2D eigenvalue weighted by Gasteiger charge is -2.14. The summed E-state index contributed by atoms with van der Waals surface area (Å²) in [5, 5.41) is 6.67. The molecule has 1 aliphatic rings. The molecule has 1 atom stereocenters. The van der Waals surface area contributed by atoms with Crippen LogP contribution in [0.4, 0.5) is 5.69 Å². The quantitative estimate of drug-likeness (QED) is 0.899. The van der Waals surface area contributed by atoms with Crippen LogP contribution in [0.25, 0.3) is 0 Å². The molecule has 1 aromatic carbocycles. The van der Waals surface area contributed by atoms with Crippen molar-refractivity contribution in [3.63, 3.8) is 0 Å². The minimum Gasteiger partial charge on any atom is -0.492 e. The second-order valence-corrected chi connectivity index (χ2v) is 4.69. The minimum absolute atomic E-state index is 0. The normalized spacial score (nSPS) is 17.7. The third-order valence-electron chi connectivity index (χ3n) is 2.93. The highest BCUT2D eigenvalue weighted by Gasteiger charge is 2.23. The standard InChI is InChI=1S/C13H17ClN2O2.ClH/c1-2-18-12-7-10(14)3-4-11(12)16-13(17)9-5-6-15-8-9;/h3-4,7,9,15H,2,5-6,8H2,1H3,(H,16,17);1H. The van der Waals surface area contributed by atoms with Crippen LogP contribution in [0.2, 0.25) is 5.02 Å². The first kappa shape index (κ1) is 16.1. The average molecular weight is 305 g/mol. The molecule has 1 heterocycles. The molecule has 4 nitrogen and oxygen atoms in total. The van der Waals surface area contributed by atoms with Crippen molar-refractivity contribution in [3.05, 3.63) is 23.2 Å². The number of anilines is 1. The molecular formula is C13H18Cl2N2O2. The molecule has 1 aromatic rings. The van der Waals surface area contributed by atoms with Gasteiger partial charge in [0.15, 0.2) is 0 Å². The summed E-state index contributed by atoms with van der Waals surface area (Å²) >= 11 is 5.91. The number of ether oxygens (including phenoxy) is 1. The van der Waals surface area contributed by atoms with Crippen molar-refractivity contribution in [2.24, 2.45) is 5.92 Å². The van der Waals surface area contributed by atoms with Crippen molar-refractivity contribution in [2.75, 3.05) is 25.0 Å². The van der Waals surface area contributed by atoms with Crippen molar-refractivity contribution in [3.8, 4) is 5.75 Å². The topological polar surface area (TPSA) is 50.4 Å². The lowest BCUT2D eigenvalue weighted by atomic mass is 10.1. The zero-order chi connectivity index (χ0) is 13.0. The average Bonchev–Trinajstić information content (AvgIpc) is 2.86. The van der Waals surface area contributed by atoms with Crippen molar-refractivity contribution >= 4 is 35.6 Å². The zero-order valence-electron chi connectivity index (χ0n) is 10.7. The molecule has 2 N–H and O–H groups in total. The molecule has 6 heteroatoms. The molecule has 1 amide bonds. The van der Waals surface area contributed by atoms with Crippen LogP contribution >= 0.6 is 24.0 Å². The number of amides is 1. The Balaban J connectivity index is 0.00000180. The minimum atomic E-state index is 0. The van der Waals surface area contributed by atoms with Crippen LogP contribution in [0.5, 0.6) is 5.75 Å². The first-order chi connectivity index (χ1) is 8.70. The Labute approximate surface area is 124 Å². The first-order valence-corrected chi connectivity index (χ1v) is 6.52. The number of benzene rings is 1. The molecule has 0 spiro atoms. The van der Waals surface area contributed by atoms with E-state index >= 15 is 0 Å². The van der Waals surface area contributed by atoms with Gasteiger partial charge in [-0.1, -0.05) is 11.6 Å². The summed E-state index contributed by atoms with van der Waals surface area (Å²) in [6, 6.07) is 5.23. The maximum absolute atomic E-state index is 12.0. The Bertz CT molecular complexity index is 435. The monoisotopic (exact) mass is 304 g/mol. The summed E-state index contributed by atoms with van der Waals surface area (Å²) in [5.74, 6) is 0.683. The van der Waals surface area contributed by atoms with E-state index in [4.69, 9.17) is 16.3 Å². The summed E-state index contributed by atoms with van der Waals surface area (Å²) in [4.78, 5) is 12.0. The molecule has 2 rings (SSSR count). The van der Waals surface area contributed by atoms with E-state index in [1.165, 1.54) is 0 Å². The molecular weight excluding hydrogens is 287 g/mol. The lowest BCUT2D eigenvalue weighted by Crippen LogP contribution is -2.24. The number of carbonyl (C=O) groups excluding carboxylic acids is 1. The Morgan fingerprint density at radius 2 is 2.37 bits per heavy atom. The van der Waals surface area contributed by atoms with Crippen LogP contribution in [-0.2, 0) is 4.79 Å². The molecule has 1 saturated heterocycles.